The van der Waals surface area contributed by atoms with Crippen LogP contribution < -0.4 is 11.1 Å². The molecule has 0 atom stereocenters. The maximum absolute atomic E-state index is 12.0. The summed E-state index contributed by atoms with van der Waals surface area (Å²) in [5.74, 6) is -0.424. The summed E-state index contributed by atoms with van der Waals surface area (Å²) in [7, 11) is 0. The molecule has 2 heterocycles. The molecule has 20 heavy (non-hydrogen) atoms. The number of pyridine rings is 1. The summed E-state index contributed by atoms with van der Waals surface area (Å²) in [5, 5.41) is 2.99. The van der Waals surface area contributed by atoms with Crippen molar-refractivity contribution in [1.29, 1.82) is 0 Å². The second-order valence-electron chi connectivity index (χ2n) is 4.86. The molecule has 0 aromatic carbocycles. The van der Waals surface area contributed by atoms with E-state index in [4.69, 9.17) is 5.73 Å². The van der Waals surface area contributed by atoms with Gasteiger partial charge < -0.3 is 11.1 Å². The second-order valence-corrected chi connectivity index (χ2v) is 5.67. The third-order valence-electron chi connectivity index (χ3n) is 3.29. The van der Waals surface area contributed by atoms with E-state index >= 15 is 0 Å². The number of nitrogens with one attached hydrogen (secondary N) is 1. The van der Waals surface area contributed by atoms with Crippen molar-refractivity contribution in [2.75, 3.05) is 19.6 Å². The molecule has 3 N–H and O–H groups in total. The number of hydrogen-bond donors (Lipinski definition) is 2. The van der Waals surface area contributed by atoms with Gasteiger partial charge in [0, 0.05) is 25.3 Å². The van der Waals surface area contributed by atoms with Gasteiger partial charge in [-0.15, -0.1) is 0 Å². The molecule has 0 aliphatic carbocycles. The van der Waals surface area contributed by atoms with Crippen molar-refractivity contribution in [2.45, 2.75) is 18.9 Å². The van der Waals surface area contributed by atoms with Gasteiger partial charge in [0.1, 0.15) is 4.60 Å². The van der Waals surface area contributed by atoms with E-state index in [1.165, 1.54) is 0 Å². The predicted molar refractivity (Wildman–Crippen MR) is 78.1 cm³/mol. The van der Waals surface area contributed by atoms with Gasteiger partial charge in [0.05, 0.1) is 12.1 Å². The first-order chi connectivity index (χ1) is 9.54. The van der Waals surface area contributed by atoms with Crippen molar-refractivity contribution >= 4 is 27.7 Å². The van der Waals surface area contributed by atoms with E-state index in [2.05, 4.69) is 26.2 Å². The number of carbonyl (C=O) groups is 2. The van der Waals surface area contributed by atoms with Crippen molar-refractivity contribution in [3.63, 3.8) is 0 Å². The highest BCUT2D eigenvalue weighted by Gasteiger charge is 2.21. The van der Waals surface area contributed by atoms with Crippen LogP contribution in [-0.4, -0.2) is 47.4 Å². The fourth-order valence-corrected chi connectivity index (χ4v) is 2.47. The van der Waals surface area contributed by atoms with Crippen LogP contribution in [0.1, 0.15) is 23.2 Å². The van der Waals surface area contributed by atoms with Gasteiger partial charge in [0.15, 0.2) is 0 Å². The Bertz CT molecular complexity index is 484. The third-order valence-corrected chi connectivity index (χ3v) is 3.76. The number of nitrogens with zero attached hydrogens (tertiary/aromatic N) is 2. The molecular formula is C13H17BrN4O2. The van der Waals surface area contributed by atoms with E-state index in [0.717, 1.165) is 25.9 Å². The molecule has 7 heteroatoms. The molecule has 108 valence electrons. The van der Waals surface area contributed by atoms with Crippen molar-refractivity contribution < 1.29 is 9.59 Å². The number of primary amides is 1. The molecule has 1 aromatic rings. The normalized spacial score (nSPS) is 16.9. The number of piperidine rings is 1. The van der Waals surface area contributed by atoms with E-state index in [1.807, 2.05) is 4.90 Å². The Balaban J connectivity index is 1.82. The SMILES string of the molecule is NC(=O)CN1CCC(NC(=O)c2ccc(Br)nc2)CC1. The minimum atomic E-state index is -0.312. The summed E-state index contributed by atoms with van der Waals surface area (Å²) in [4.78, 5) is 28.9. The Morgan fingerprint density at radius 2 is 2.10 bits per heavy atom. The van der Waals surface area contributed by atoms with E-state index < -0.39 is 0 Å². The highest BCUT2D eigenvalue weighted by Crippen LogP contribution is 2.11. The average Bonchev–Trinajstić information content (AvgIpc) is 2.41. The fraction of sp³-hybridized carbons (Fsp3) is 0.462. The summed E-state index contributed by atoms with van der Waals surface area (Å²) in [6, 6.07) is 3.61. The summed E-state index contributed by atoms with van der Waals surface area (Å²) in [6.45, 7) is 1.83. The molecule has 1 saturated heterocycles. The van der Waals surface area contributed by atoms with Gasteiger partial charge in [0.25, 0.3) is 5.91 Å². The Labute approximate surface area is 125 Å². The van der Waals surface area contributed by atoms with Crippen LogP contribution in [0.25, 0.3) is 0 Å². The average molecular weight is 341 g/mol. The molecule has 0 saturated carbocycles. The highest BCUT2D eigenvalue weighted by atomic mass is 79.9. The van der Waals surface area contributed by atoms with Crippen molar-refractivity contribution in [3.8, 4) is 0 Å². The van der Waals surface area contributed by atoms with E-state index in [0.29, 0.717) is 10.2 Å². The fourth-order valence-electron chi connectivity index (χ4n) is 2.23. The van der Waals surface area contributed by atoms with Crippen molar-refractivity contribution in [1.82, 2.24) is 15.2 Å². The minimum Gasteiger partial charge on any atom is -0.369 e. The van der Waals surface area contributed by atoms with Crippen LogP contribution >= 0.6 is 15.9 Å². The Morgan fingerprint density at radius 3 is 2.65 bits per heavy atom. The molecule has 1 aromatic heterocycles. The topological polar surface area (TPSA) is 88.3 Å². The molecule has 1 aliphatic rings. The van der Waals surface area contributed by atoms with Gasteiger partial charge in [-0.05, 0) is 40.9 Å². The molecule has 1 aliphatic heterocycles. The first-order valence-corrected chi connectivity index (χ1v) is 7.27. The molecular weight excluding hydrogens is 324 g/mol. The largest absolute Gasteiger partial charge is 0.369 e. The van der Waals surface area contributed by atoms with Gasteiger partial charge in [-0.3, -0.25) is 14.5 Å². The smallest absolute Gasteiger partial charge is 0.253 e. The summed E-state index contributed by atoms with van der Waals surface area (Å²) in [5.41, 5.74) is 5.71. The molecule has 0 bridgehead atoms. The lowest BCUT2D eigenvalue weighted by Gasteiger charge is -2.31. The van der Waals surface area contributed by atoms with Crippen LogP contribution in [0.4, 0.5) is 0 Å². The number of nitrogens with two attached hydrogens (primary N) is 1. The lowest BCUT2D eigenvalue weighted by Crippen LogP contribution is -2.46. The molecule has 0 radical (unpaired) electrons. The highest BCUT2D eigenvalue weighted by molar-refractivity contribution is 9.10. The molecule has 2 amide bonds. The van der Waals surface area contributed by atoms with Gasteiger partial charge in [-0.2, -0.15) is 0 Å². The molecule has 2 rings (SSSR count). The lowest BCUT2D eigenvalue weighted by molar-refractivity contribution is -0.119. The van der Waals surface area contributed by atoms with Gasteiger partial charge in [-0.1, -0.05) is 0 Å². The molecule has 1 fully saturated rings. The Kier molecular flexibility index (Phi) is 5.08. The summed E-state index contributed by atoms with van der Waals surface area (Å²) < 4.78 is 0.703. The van der Waals surface area contributed by atoms with Crippen LogP contribution in [0, 0.1) is 0 Å². The third kappa shape index (κ3) is 4.28. The monoisotopic (exact) mass is 340 g/mol. The van der Waals surface area contributed by atoms with Crippen LogP contribution in [0.5, 0.6) is 0 Å². The number of likely N-dealkylation sites (tertiary alicyclic amines) is 1. The minimum absolute atomic E-state index is 0.113. The van der Waals surface area contributed by atoms with Gasteiger partial charge >= 0.3 is 0 Å². The summed E-state index contributed by atoms with van der Waals surface area (Å²) in [6.07, 6.45) is 3.19. The van der Waals surface area contributed by atoms with Crippen LogP contribution in [0.15, 0.2) is 22.9 Å². The number of aromatic nitrogens is 1. The standard InChI is InChI=1S/C13H17BrN4O2/c14-11-2-1-9(7-16-11)13(20)17-10-3-5-18(6-4-10)8-12(15)19/h1-2,7,10H,3-6,8H2,(H2,15,19)(H,17,20). The lowest BCUT2D eigenvalue weighted by atomic mass is 10.0. The second kappa shape index (κ2) is 6.81. The Hall–Kier alpha value is -1.47. The van der Waals surface area contributed by atoms with Crippen LogP contribution in [0.2, 0.25) is 0 Å². The van der Waals surface area contributed by atoms with E-state index in [9.17, 15) is 9.59 Å². The van der Waals surface area contributed by atoms with Crippen LogP contribution in [0.3, 0.4) is 0 Å². The quantitative estimate of drug-likeness (QED) is 0.782. The molecule has 6 nitrogen and oxygen atoms in total. The Morgan fingerprint density at radius 1 is 1.40 bits per heavy atom. The first-order valence-electron chi connectivity index (χ1n) is 6.47. The number of halogens is 1. The van der Waals surface area contributed by atoms with Gasteiger partial charge in [0.2, 0.25) is 5.91 Å². The molecule has 0 unspecified atom stereocenters. The zero-order valence-electron chi connectivity index (χ0n) is 11.0. The van der Waals surface area contributed by atoms with Gasteiger partial charge in [-0.25, -0.2) is 4.98 Å². The maximum Gasteiger partial charge on any atom is 0.253 e. The number of amides is 2. The number of rotatable bonds is 4. The maximum atomic E-state index is 12.0. The van der Waals surface area contributed by atoms with Crippen molar-refractivity contribution in [2.24, 2.45) is 5.73 Å². The first kappa shape index (κ1) is 14.9. The number of carbonyl (C=O) groups excluding carboxylic acids is 2. The predicted octanol–water partition coefficient (Wildman–Crippen LogP) is 0.524. The zero-order chi connectivity index (χ0) is 14.5. The van der Waals surface area contributed by atoms with E-state index in [1.54, 1.807) is 18.3 Å². The van der Waals surface area contributed by atoms with E-state index in [-0.39, 0.29) is 24.4 Å². The van der Waals surface area contributed by atoms with Crippen LogP contribution in [-0.2, 0) is 4.79 Å². The number of hydrogen-bond acceptors (Lipinski definition) is 4. The van der Waals surface area contributed by atoms with Crippen molar-refractivity contribution in [3.05, 3.63) is 28.5 Å². The zero-order valence-corrected chi connectivity index (χ0v) is 12.6. The summed E-state index contributed by atoms with van der Waals surface area (Å²) >= 11 is 3.23. The molecule has 0 spiro atoms.